The van der Waals surface area contributed by atoms with Gasteiger partial charge >= 0.3 is 0 Å². The van der Waals surface area contributed by atoms with Crippen LogP contribution in [0.2, 0.25) is 5.15 Å². The highest BCUT2D eigenvalue weighted by Gasteiger charge is 1.97. The van der Waals surface area contributed by atoms with Gasteiger partial charge in [-0.15, -0.1) is 5.10 Å². The molecule has 0 aliphatic rings. The van der Waals surface area contributed by atoms with E-state index in [4.69, 9.17) is 21.1 Å². The zero-order chi connectivity index (χ0) is 13.3. The topological polar surface area (TPSA) is 44.2 Å². The fraction of sp³-hybridized carbons (Fsp3) is 0.286. The first-order valence-corrected chi connectivity index (χ1v) is 6.45. The molecule has 0 fully saturated rings. The molecule has 1 aromatic carbocycles. The minimum Gasteiger partial charge on any atom is -0.492 e. The van der Waals surface area contributed by atoms with Crippen LogP contribution in [0.25, 0.3) is 0 Å². The molecule has 0 aliphatic carbocycles. The van der Waals surface area contributed by atoms with E-state index in [0.29, 0.717) is 30.7 Å². The maximum absolute atomic E-state index is 5.70. The Labute approximate surface area is 117 Å². The minimum atomic E-state index is 0.331. The van der Waals surface area contributed by atoms with Crippen molar-refractivity contribution in [2.24, 2.45) is 0 Å². The van der Waals surface area contributed by atoms with Crippen LogP contribution in [0.15, 0.2) is 42.6 Å². The van der Waals surface area contributed by atoms with Gasteiger partial charge in [0, 0.05) is 12.5 Å². The second-order valence-corrected chi connectivity index (χ2v) is 4.34. The Morgan fingerprint density at radius 3 is 2.74 bits per heavy atom. The normalized spacial score (nSPS) is 10.4. The third kappa shape index (κ3) is 5.24. The predicted molar refractivity (Wildman–Crippen MR) is 73.3 cm³/mol. The SMILES string of the molecule is Clc1cc(OCCCOCc2ccccc2)cnn1. The first-order valence-electron chi connectivity index (χ1n) is 6.07. The fourth-order valence-electron chi connectivity index (χ4n) is 1.52. The number of aromatic nitrogens is 2. The summed E-state index contributed by atoms with van der Waals surface area (Å²) < 4.78 is 11.0. The second kappa shape index (κ2) is 7.71. The van der Waals surface area contributed by atoms with Crippen LogP contribution in [0.1, 0.15) is 12.0 Å². The largest absolute Gasteiger partial charge is 0.492 e. The molecule has 0 radical (unpaired) electrons. The number of benzene rings is 1. The highest BCUT2D eigenvalue weighted by molar-refractivity contribution is 6.29. The lowest BCUT2D eigenvalue weighted by Gasteiger charge is -2.06. The van der Waals surface area contributed by atoms with Crippen molar-refractivity contribution in [3.63, 3.8) is 0 Å². The first-order chi connectivity index (χ1) is 9.34. The Bertz CT molecular complexity index is 494. The summed E-state index contributed by atoms with van der Waals surface area (Å²) in [7, 11) is 0. The van der Waals surface area contributed by atoms with Crippen LogP contribution in [0.3, 0.4) is 0 Å². The number of rotatable bonds is 7. The zero-order valence-corrected chi connectivity index (χ0v) is 11.2. The molecule has 0 atom stereocenters. The molecule has 0 saturated carbocycles. The van der Waals surface area contributed by atoms with Crippen LogP contribution >= 0.6 is 11.6 Å². The van der Waals surface area contributed by atoms with Gasteiger partial charge in [-0.3, -0.25) is 0 Å². The lowest BCUT2D eigenvalue weighted by molar-refractivity contribution is 0.107. The monoisotopic (exact) mass is 278 g/mol. The smallest absolute Gasteiger partial charge is 0.155 e. The molecule has 2 aromatic rings. The molecule has 4 nitrogen and oxygen atoms in total. The lowest BCUT2D eigenvalue weighted by atomic mass is 10.2. The highest BCUT2D eigenvalue weighted by atomic mass is 35.5. The molecule has 5 heteroatoms. The molecule has 2 rings (SSSR count). The van der Waals surface area contributed by atoms with Crippen molar-refractivity contribution in [3.8, 4) is 5.75 Å². The minimum absolute atomic E-state index is 0.331. The number of hydrogen-bond donors (Lipinski definition) is 0. The van der Waals surface area contributed by atoms with Crippen molar-refractivity contribution >= 4 is 11.6 Å². The Balaban J connectivity index is 1.58. The molecule has 0 bridgehead atoms. The van der Waals surface area contributed by atoms with Gasteiger partial charge in [0.1, 0.15) is 5.75 Å². The van der Waals surface area contributed by atoms with E-state index < -0.39 is 0 Å². The van der Waals surface area contributed by atoms with E-state index in [9.17, 15) is 0 Å². The summed E-state index contributed by atoms with van der Waals surface area (Å²) in [5.41, 5.74) is 1.17. The van der Waals surface area contributed by atoms with E-state index in [-0.39, 0.29) is 0 Å². The van der Waals surface area contributed by atoms with Crippen molar-refractivity contribution in [2.45, 2.75) is 13.0 Å². The summed E-state index contributed by atoms with van der Waals surface area (Å²) in [4.78, 5) is 0. The number of nitrogens with zero attached hydrogens (tertiary/aromatic N) is 2. The van der Waals surface area contributed by atoms with E-state index in [2.05, 4.69) is 10.2 Å². The van der Waals surface area contributed by atoms with E-state index in [1.807, 2.05) is 30.3 Å². The van der Waals surface area contributed by atoms with Crippen LogP contribution in [-0.2, 0) is 11.3 Å². The summed E-state index contributed by atoms with van der Waals surface area (Å²) in [6.07, 6.45) is 2.35. The van der Waals surface area contributed by atoms with Crippen LogP contribution < -0.4 is 4.74 Å². The van der Waals surface area contributed by atoms with Gasteiger partial charge in [-0.05, 0) is 5.56 Å². The summed E-state index contributed by atoms with van der Waals surface area (Å²) in [6, 6.07) is 11.7. The van der Waals surface area contributed by atoms with E-state index in [1.54, 1.807) is 6.07 Å². The molecule has 100 valence electrons. The average molecular weight is 279 g/mol. The van der Waals surface area contributed by atoms with E-state index >= 15 is 0 Å². The average Bonchev–Trinajstić information content (AvgIpc) is 2.44. The molecule has 0 aliphatic heterocycles. The van der Waals surface area contributed by atoms with Crippen molar-refractivity contribution in [1.29, 1.82) is 0 Å². The van der Waals surface area contributed by atoms with Crippen molar-refractivity contribution in [3.05, 3.63) is 53.3 Å². The molecule has 19 heavy (non-hydrogen) atoms. The summed E-state index contributed by atoms with van der Waals surface area (Å²) in [5.74, 6) is 0.628. The first kappa shape index (κ1) is 13.8. The summed E-state index contributed by atoms with van der Waals surface area (Å²) in [6.45, 7) is 1.85. The van der Waals surface area contributed by atoms with Crippen LogP contribution in [-0.4, -0.2) is 23.4 Å². The standard InChI is InChI=1S/C14H15ClN2O2/c15-14-9-13(10-16-17-14)19-8-4-7-18-11-12-5-2-1-3-6-12/h1-3,5-6,9-10H,4,7-8,11H2. The van der Waals surface area contributed by atoms with Gasteiger partial charge in [-0.25, -0.2) is 0 Å². The molecule has 0 amide bonds. The second-order valence-electron chi connectivity index (χ2n) is 3.95. The summed E-state index contributed by atoms with van der Waals surface area (Å²) >= 11 is 5.70. The lowest BCUT2D eigenvalue weighted by Crippen LogP contribution is -2.03. The maximum atomic E-state index is 5.70. The molecule has 0 N–H and O–H groups in total. The highest BCUT2D eigenvalue weighted by Crippen LogP contribution is 2.12. The van der Waals surface area contributed by atoms with Crippen molar-refractivity contribution in [1.82, 2.24) is 10.2 Å². The fourth-order valence-corrected chi connectivity index (χ4v) is 1.67. The van der Waals surface area contributed by atoms with Gasteiger partial charge in [-0.1, -0.05) is 41.9 Å². The molecule has 1 heterocycles. The quantitative estimate of drug-likeness (QED) is 0.730. The van der Waals surface area contributed by atoms with Crippen LogP contribution in [0.4, 0.5) is 0 Å². The Hall–Kier alpha value is -1.65. The van der Waals surface area contributed by atoms with Gasteiger partial charge in [0.15, 0.2) is 5.15 Å². The Morgan fingerprint density at radius 1 is 1.11 bits per heavy atom. The van der Waals surface area contributed by atoms with Gasteiger partial charge < -0.3 is 9.47 Å². The van der Waals surface area contributed by atoms with Gasteiger partial charge in [0.05, 0.1) is 26.0 Å². The van der Waals surface area contributed by atoms with Crippen molar-refractivity contribution in [2.75, 3.05) is 13.2 Å². The third-order valence-corrected chi connectivity index (χ3v) is 2.60. The number of halogens is 1. The van der Waals surface area contributed by atoms with E-state index in [0.717, 1.165) is 6.42 Å². The molecular formula is C14H15ClN2O2. The molecular weight excluding hydrogens is 264 g/mol. The number of ether oxygens (including phenoxy) is 2. The van der Waals surface area contributed by atoms with Crippen LogP contribution in [0, 0.1) is 0 Å². The predicted octanol–water partition coefficient (Wildman–Crippen LogP) is 3.12. The maximum Gasteiger partial charge on any atom is 0.155 e. The third-order valence-electron chi connectivity index (χ3n) is 2.41. The molecule has 0 saturated heterocycles. The summed E-state index contributed by atoms with van der Waals surface area (Å²) in [5, 5.41) is 7.67. The van der Waals surface area contributed by atoms with E-state index in [1.165, 1.54) is 11.8 Å². The van der Waals surface area contributed by atoms with Gasteiger partial charge in [-0.2, -0.15) is 5.10 Å². The molecule has 0 unspecified atom stereocenters. The zero-order valence-electron chi connectivity index (χ0n) is 10.5. The Kier molecular flexibility index (Phi) is 5.59. The Morgan fingerprint density at radius 2 is 1.95 bits per heavy atom. The van der Waals surface area contributed by atoms with Crippen LogP contribution in [0.5, 0.6) is 5.75 Å². The van der Waals surface area contributed by atoms with Gasteiger partial charge in [0.25, 0.3) is 0 Å². The van der Waals surface area contributed by atoms with Gasteiger partial charge in [0.2, 0.25) is 0 Å². The van der Waals surface area contributed by atoms with Crippen molar-refractivity contribution < 1.29 is 9.47 Å². The molecule has 0 spiro atoms. The number of hydrogen-bond acceptors (Lipinski definition) is 4. The molecule has 1 aromatic heterocycles.